The maximum Gasteiger partial charge on any atom is 0.191 e. The van der Waals surface area contributed by atoms with Gasteiger partial charge in [0.25, 0.3) is 0 Å². The van der Waals surface area contributed by atoms with Crippen LogP contribution in [0.4, 0.5) is 0 Å². The van der Waals surface area contributed by atoms with Gasteiger partial charge >= 0.3 is 0 Å². The van der Waals surface area contributed by atoms with Crippen molar-refractivity contribution < 1.29 is 4.74 Å². The molecule has 0 bridgehead atoms. The number of nitrogens with zero attached hydrogens (tertiary/aromatic N) is 3. The Morgan fingerprint density at radius 2 is 2.10 bits per heavy atom. The van der Waals surface area contributed by atoms with Crippen molar-refractivity contribution in [2.45, 2.75) is 39.8 Å². The Hall–Kier alpha value is -1.56. The molecule has 1 aromatic heterocycles. The van der Waals surface area contributed by atoms with Crippen LogP contribution in [-0.2, 0) is 11.3 Å². The fourth-order valence-corrected chi connectivity index (χ4v) is 2.10. The summed E-state index contributed by atoms with van der Waals surface area (Å²) in [6.07, 6.45) is 5.01. The van der Waals surface area contributed by atoms with Crippen LogP contribution in [0.1, 0.15) is 27.2 Å². The van der Waals surface area contributed by atoms with Crippen LogP contribution >= 0.6 is 0 Å². The molecule has 0 aliphatic heterocycles. The molecule has 1 unspecified atom stereocenters. The van der Waals surface area contributed by atoms with E-state index in [-0.39, 0.29) is 0 Å². The molecular weight excluding hydrogens is 266 g/mol. The summed E-state index contributed by atoms with van der Waals surface area (Å²) in [6, 6.07) is 1.92. The zero-order valence-electron chi connectivity index (χ0n) is 13.7. The molecule has 0 spiro atoms. The third-order valence-corrected chi connectivity index (χ3v) is 3.26. The van der Waals surface area contributed by atoms with Crippen LogP contribution < -0.4 is 10.6 Å². The molecule has 6 nitrogen and oxygen atoms in total. The molecule has 0 aliphatic rings. The number of guanidine groups is 1. The van der Waals surface area contributed by atoms with Gasteiger partial charge in [-0.2, -0.15) is 5.10 Å². The number of aliphatic imine (C=N–C) groups is 1. The second kappa shape index (κ2) is 10.2. The Labute approximate surface area is 128 Å². The monoisotopic (exact) mass is 295 g/mol. The van der Waals surface area contributed by atoms with Crippen LogP contribution in [0.15, 0.2) is 23.5 Å². The number of ether oxygens (including phenoxy) is 1. The van der Waals surface area contributed by atoms with Gasteiger partial charge in [0.05, 0.1) is 12.6 Å². The van der Waals surface area contributed by atoms with E-state index in [0.717, 1.165) is 38.6 Å². The molecule has 21 heavy (non-hydrogen) atoms. The van der Waals surface area contributed by atoms with Gasteiger partial charge in [-0.15, -0.1) is 0 Å². The van der Waals surface area contributed by atoms with Gasteiger partial charge in [0.1, 0.15) is 0 Å². The topological polar surface area (TPSA) is 63.5 Å². The lowest BCUT2D eigenvalue weighted by Crippen LogP contribution is -2.40. The summed E-state index contributed by atoms with van der Waals surface area (Å²) in [6.45, 7) is 9.65. The first-order chi connectivity index (χ1) is 10.2. The molecule has 1 atom stereocenters. The van der Waals surface area contributed by atoms with E-state index in [1.807, 2.05) is 23.9 Å². The summed E-state index contributed by atoms with van der Waals surface area (Å²) in [5.74, 6) is 1.35. The predicted molar refractivity (Wildman–Crippen MR) is 86.5 cm³/mol. The molecule has 0 radical (unpaired) electrons. The highest BCUT2D eigenvalue weighted by molar-refractivity contribution is 5.79. The molecule has 0 amide bonds. The molecule has 0 saturated heterocycles. The number of hydrogen-bond acceptors (Lipinski definition) is 3. The number of aromatic nitrogens is 2. The molecule has 120 valence electrons. The van der Waals surface area contributed by atoms with Gasteiger partial charge < -0.3 is 15.4 Å². The average molecular weight is 295 g/mol. The number of rotatable bonds is 9. The van der Waals surface area contributed by atoms with Crippen molar-refractivity contribution in [2.24, 2.45) is 10.9 Å². The Kier molecular flexibility index (Phi) is 8.50. The minimum absolute atomic E-state index is 0.296. The summed E-state index contributed by atoms with van der Waals surface area (Å²) >= 11 is 0. The van der Waals surface area contributed by atoms with Crippen LogP contribution in [0.2, 0.25) is 0 Å². The molecule has 0 aliphatic carbocycles. The van der Waals surface area contributed by atoms with Crippen LogP contribution in [0, 0.1) is 5.92 Å². The highest BCUT2D eigenvalue weighted by atomic mass is 16.5. The Balaban J connectivity index is 2.21. The van der Waals surface area contributed by atoms with Gasteiger partial charge in [-0.3, -0.25) is 9.67 Å². The van der Waals surface area contributed by atoms with E-state index in [4.69, 9.17) is 4.74 Å². The lowest BCUT2D eigenvalue weighted by molar-refractivity contribution is 0.0258. The minimum Gasteiger partial charge on any atom is -0.378 e. The third kappa shape index (κ3) is 7.13. The standard InChI is InChI=1S/C15H29N5O/c1-5-21-14(13(2)3)7-9-17-15(16-4)18-10-12-20-11-6-8-19-20/h6,8,11,13-14H,5,7,9-10,12H2,1-4H3,(H2,16,17,18). The minimum atomic E-state index is 0.296. The van der Waals surface area contributed by atoms with Crippen LogP contribution in [0.3, 0.4) is 0 Å². The zero-order valence-corrected chi connectivity index (χ0v) is 13.7. The van der Waals surface area contributed by atoms with Crippen molar-refractivity contribution >= 4 is 5.96 Å². The van der Waals surface area contributed by atoms with E-state index < -0.39 is 0 Å². The second-order valence-corrected chi connectivity index (χ2v) is 5.22. The van der Waals surface area contributed by atoms with Crippen molar-refractivity contribution in [3.8, 4) is 0 Å². The second-order valence-electron chi connectivity index (χ2n) is 5.22. The van der Waals surface area contributed by atoms with Crippen LogP contribution in [-0.4, -0.2) is 48.6 Å². The van der Waals surface area contributed by atoms with E-state index in [0.29, 0.717) is 12.0 Å². The zero-order chi connectivity index (χ0) is 15.5. The fraction of sp³-hybridized carbons (Fsp3) is 0.733. The van der Waals surface area contributed by atoms with Crippen molar-refractivity contribution in [3.05, 3.63) is 18.5 Å². The van der Waals surface area contributed by atoms with Crippen LogP contribution in [0.25, 0.3) is 0 Å². The first kappa shape index (κ1) is 17.5. The smallest absolute Gasteiger partial charge is 0.191 e. The van der Waals surface area contributed by atoms with E-state index in [9.17, 15) is 0 Å². The average Bonchev–Trinajstić information content (AvgIpc) is 2.97. The quantitative estimate of drug-likeness (QED) is 0.535. The lowest BCUT2D eigenvalue weighted by Gasteiger charge is -2.21. The van der Waals surface area contributed by atoms with Gasteiger partial charge in [-0.05, 0) is 25.3 Å². The number of hydrogen-bond donors (Lipinski definition) is 2. The molecule has 0 saturated carbocycles. The van der Waals surface area contributed by atoms with Gasteiger partial charge in [-0.1, -0.05) is 13.8 Å². The van der Waals surface area contributed by atoms with Crippen molar-refractivity contribution in [1.29, 1.82) is 0 Å². The lowest BCUT2D eigenvalue weighted by atomic mass is 10.0. The normalized spacial score (nSPS) is 13.5. The van der Waals surface area contributed by atoms with Crippen LogP contribution in [0.5, 0.6) is 0 Å². The highest BCUT2D eigenvalue weighted by Gasteiger charge is 2.12. The Morgan fingerprint density at radius 1 is 1.33 bits per heavy atom. The maximum atomic E-state index is 5.74. The number of nitrogens with one attached hydrogen (secondary N) is 2. The molecule has 1 heterocycles. The molecule has 2 N–H and O–H groups in total. The Morgan fingerprint density at radius 3 is 2.67 bits per heavy atom. The van der Waals surface area contributed by atoms with E-state index in [2.05, 4.69) is 34.6 Å². The first-order valence-electron chi connectivity index (χ1n) is 7.70. The summed E-state index contributed by atoms with van der Waals surface area (Å²) in [7, 11) is 1.78. The van der Waals surface area contributed by atoms with Crippen molar-refractivity contribution in [3.63, 3.8) is 0 Å². The van der Waals surface area contributed by atoms with Gasteiger partial charge in [0.15, 0.2) is 5.96 Å². The van der Waals surface area contributed by atoms with E-state index in [1.165, 1.54) is 0 Å². The summed E-state index contributed by atoms with van der Waals surface area (Å²) in [4.78, 5) is 4.22. The Bertz CT molecular complexity index is 389. The van der Waals surface area contributed by atoms with Gasteiger partial charge in [-0.25, -0.2) is 0 Å². The SMILES string of the molecule is CCOC(CCNC(=NC)NCCn1cccn1)C(C)C. The summed E-state index contributed by atoms with van der Waals surface area (Å²) in [5.41, 5.74) is 0. The van der Waals surface area contributed by atoms with Gasteiger partial charge in [0, 0.05) is 39.1 Å². The van der Waals surface area contributed by atoms with Crippen molar-refractivity contribution in [1.82, 2.24) is 20.4 Å². The largest absolute Gasteiger partial charge is 0.378 e. The fourth-order valence-electron chi connectivity index (χ4n) is 2.10. The van der Waals surface area contributed by atoms with E-state index in [1.54, 1.807) is 13.2 Å². The summed E-state index contributed by atoms with van der Waals surface area (Å²) < 4.78 is 7.63. The molecule has 6 heteroatoms. The first-order valence-corrected chi connectivity index (χ1v) is 7.70. The third-order valence-electron chi connectivity index (χ3n) is 3.26. The van der Waals surface area contributed by atoms with Gasteiger partial charge in [0.2, 0.25) is 0 Å². The van der Waals surface area contributed by atoms with E-state index >= 15 is 0 Å². The molecular formula is C15H29N5O. The summed E-state index contributed by atoms with van der Waals surface area (Å²) in [5, 5.41) is 10.8. The van der Waals surface area contributed by atoms with Crippen molar-refractivity contribution in [2.75, 3.05) is 26.7 Å². The molecule has 0 fully saturated rings. The molecule has 1 aromatic rings. The highest BCUT2D eigenvalue weighted by Crippen LogP contribution is 2.09. The molecule has 1 rings (SSSR count). The predicted octanol–water partition coefficient (Wildman–Crippen LogP) is 1.50. The molecule has 0 aromatic carbocycles. The maximum absolute atomic E-state index is 5.74.